The van der Waals surface area contributed by atoms with Gasteiger partial charge in [-0.3, -0.25) is 4.68 Å². The number of hydrogen-bond donors (Lipinski definition) is 1. The number of fused-ring (bicyclic) bond motifs is 1. The van der Waals surface area contributed by atoms with Gasteiger partial charge in [-0.05, 0) is 25.7 Å². The van der Waals surface area contributed by atoms with Gasteiger partial charge in [0.1, 0.15) is 0 Å². The Morgan fingerprint density at radius 3 is 2.96 bits per heavy atom. The Hall–Kier alpha value is -1.70. The van der Waals surface area contributed by atoms with Crippen LogP contribution in [-0.4, -0.2) is 46.0 Å². The van der Waals surface area contributed by atoms with Crippen molar-refractivity contribution in [1.29, 1.82) is 0 Å². The highest BCUT2D eigenvalue weighted by molar-refractivity contribution is 5.74. The maximum Gasteiger partial charge on any atom is 0.345 e. The third-order valence-electron chi connectivity index (χ3n) is 4.93. The Labute approximate surface area is 140 Å². The fourth-order valence-corrected chi connectivity index (χ4v) is 3.67. The second-order valence-corrected chi connectivity index (χ2v) is 6.54. The average molecular weight is 342 g/mol. The lowest BCUT2D eigenvalue weighted by Gasteiger charge is -2.33. The van der Waals surface area contributed by atoms with Crippen LogP contribution in [0.15, 0.2) is 6.20 Å². The van der Waals surface area contributed by atoms with E-state index in [1.807, 2.05) is 11.7 Å². The van der Waals surface area contributed by atoms with E-state index in [9.17, 15) is 13.6 Å². The second-order valence-electron chi connectivity index (χ2n) is 6.54. The Morgan fingerprint density at radius 2 is 2.17 bits per heavy atom. The van der Waals surface area contributed by atoms with Crippen molar-refractivity contribution in [3.05, 3.63) is 17.5 Å². The molecule has 0 saturated heterocycles. The number of hydrogen-bond acceptors (Lipinski definition) is 3. The van der Waals surface area contributed by atoms with Crippen LogP contribution in [0.4, 0.5) is 13.6 Å². The van der Waals surface area contributed by atoms with Crippen molar-refractivity contribution in [2.75, 3.05) is 6.54 Å². The third-order valence-corrected chi connectivity index (χ3v) is 4.93. The molecule has 134 valence electrons. The van der Waals surface area contributed by atoms with Crippen LogP contribution in [0, 0.1) is 0 Å². The molecule has 24 heavy (non-hydrogen) atoms. The highest BCUT2D eigenvalue weighted by atomic mass is 19.3. The molecule has 0 radical (unpaired) electrons. The maximum absolute atomic E-state index is 12.6. The van der Waals surface area contributed by atoms with Gasteiger partial charge in [-0.15, -0.1) is 0 Å². The molecule has 1 N–H and O–H groups in total. The first kappa shape index (κ1) is 17.1. The first-order valence-corrected chi connectivity index (χ1v) is 8.53. The van der Waals surface area contributed by atoms with Gasteiger partial charge in [0.2, 0.25) is 0 Å². The first-order chi connectivity index (χ1) is 11.5. The van der Waals surface area contributed by atoms with E-state index in [4.69, 9.17) is 4.74 Å². The standard InChI is InChI=1S/C16H24F2N4O2/c1-21-13-6-4-8-22(10-11(13)9-19-21)16(23)20-12-5-2-3-7-14(12)24-15(17)18/h9,12,14-15H,2-8,10H2,1H3,(H,20,23)/t12-,14-/m1/s1. The van der Waals surface area contributed by atoms with Crippen LogP contribution in [-0.2, 0) is 24.8 Å². The van der Waals surface area contributed by atoms with Crippen LogP contribution in [0.1, 0.15) is 43.4 Å². The van der Waals surface area contributed by atoms with Crippen LogP contribution in [0.2, 0.25) is 0 Å². The number of amides is 2. The molecule has 1 aliphatic heterocycles. The summed E-state index contributed by atoms with van der Waals surface area (Å²) in [4.78, 5) is 14.3. The van der Waals surface area contributed by atoms with Gasteiger partial charge in [0.25, 0.3) is 0 Å². The minimum Gasteiger partial charge on any atom is -0.333 e. The Balaban J connectivity index is 1.63. The molecular formula is C16H24F2N4O2. The third kappa shape index (κ3) is 3.85. The Morgan fingerprint density at radius 1 is 1.38 bits per heavy atom. The summed E-state index contributed by atoms with van der Waals surface area (Å²) in [6.07, 6.45) is 5.94. The number of halogens is 2. The largest absolute Gasteiger partial charge is 0.345 e. The molecule has 1 aromatic heterocycles. The molecule has 2 amide bonds. The lowest BCUT2D eigenvalue weighted by molar-refractivity contribution is -0.175. The van der Waals surface area contributed by atoms with Crippen LogP contribution >= 0.6 is 0 Å². The lowest BCUT2D eigenvalue weighted by atomic mass is 9.92. The lowest BCUT2D eigenvalue weighted by Crippen LogP contribution is -2.51. The summed E-state index contributed by atoms with van der Waals surface area (Å²) in [5.74, 6) is 0. The number of carbonyl (C=O) groups excluding carboxylic acids is 1. The van der Waals surface area contributed by atoms with Crippen LogP contribution < -0.4 is 5.32 Å². The number of ether oxygens (including phenoxy) is 1. The van der Waals surface area contributed by atoms with E-state index in [1.165, 1.54) is 0 Å². The minimum atomic E-state index is -2.80. The zero-order valence-corrected chi connectivity index (χ0v) is 13.9. The van der Waals surface area contributed by atoms with Crippen molar-refractivity contribution in [2.45, 2.75) is 63.8 Å². The Kier molecular flexibility index (Phi) is 5.33. The van der Waals surface area contributed by atoms with Gasteiger partial charge in [0.05, 0.1) is 24.9 Å². The molecule has 1 aromatic rings. The van der Waals surface area contributed by atoms with E-state index in [0.717, 1.165) is 36.9 Å². The van der Waals surface area contributed by atoms with Crippen molar-refractivity contribution in [1.82, 2.24) is 20.0 Å². The number of nitrogens with one attached hydrogen (secondary N) is 1. The summed E-state index contributed by atoms with van der Waals surface area (Å²) >= 11 is 0. The van der Waals surface area contributed by atoms with E-state index in [-0.39, 0.29) is 12.1 Å². The van der Waals surface area contributed by atoms with Gasteiger partial charge in [-0.2, -0.15) is 13.9 Å². The van der Waals surface area contributed by atoms with Crippen molar-refractivity contribution in [3.63, 3.8) is 0 Å². The number of aromatic nitrogens is 2. The van der Waals surface area contributed by atoms with Gasteiger partial charge in [-0.25, -0.2) is 4.79 Å². The molecule has 1 saturated carbocycles. The molecule has 1 aliphatic carbocycles. The molecule has 2 heterocycles. The van der Waals surface area contributed by atoms with E-state index in [2.05, 4.69) is 10.4 Å². The summed E-state index contributed by atoms with van der Waals surface area (Å²) < 4.78 is 31.7. The van der Waals surface area contributed by atoms with E-state index in [1.54, 1.807) is 11.1 Å². The zero-order chi connectivity index (χ0) is 17.1. The quantitative estimate of drug-likeness (QED) is 0.918. The van der Waals surface area contributed by atoms with Crippen molar-refractivity contribution >= 4 is 6.03 Å². The van der Waals surface area contributed by atoms with E-state index >= 15 is 0 Å². The smallest absolute Gasteiger partial charge is 0.333 e. The molecule has 8 heteroatoms. The molecule has 2 aliphatic rings. The van der Waals surface area contributed by atoms with Gasteiger partial charge < -0.3 is 15.0 Å². The fraction of sp³-hybridized carbons (Fsp3) is 0.750. The SMILES string of the molecule is Cn1ncc2c1CCCN(C(=O)N[C@@H]1CCCC[C@H]1OC(F)F)C2. The number of alkyl halides is 2. The monoisotopic (exact) mass is 342 g/mol. The molecule has 0 bridgehead atoms. The molecule has 6 nitrogen and oxygen atoms in total. The predicted octanol–water partition coefficient (Wildman–Crippen LogP) is 2.43. The number of urea groups is 1. The van der Waals surface area contributed by atoms with Crippen LogP contribution in [0.5, 0.6) is 0 Å². The van der Waals surface area contributed by atoms with Gasteiger partial charge in [-0.1, -0.05) is 12.8 Å². The summed E-state index contributed by atoms with van der Waals surface area (Å²) in [6, 6.07) is -0.557. The molecule has 2 atom stereocenters. The van der Waals surface area contributed by atoms with Crippen LogP contribution in [0.3, 0.4) is 0 Å². The molecule has 1 fully saturated rings. The van der Waals surface area contributed by atoms with Gasteiger partial charge >= 0.3 is 12.6 Å². The highest BCUT2D eigenvalue weighted by Gasteiger charge is 2.31. The van der Waals surface area contributed by atoms with Gasteiger partial charge in [0, 0.05) is 24.8 Å². The normalized spacial score (nSPS) is 24.6. The summed E-state index contributed by atoms with van der Waals surface area (Å²) in [5, 5.41) is 7.16. The molecular weight excluding hydrogens is 318 g/mol. The van der Waals surface area contributed by atoms with Gasteiger partial charge in [0.15, 0.2) is 0 Å². The number of carbonyl (C=O) groups is 1. The average Bonchev–Trinajstić information content (AvgIpc) is 2.77. The molecule has 0 unspecified atom stereocenters. The minimum absolute atomic E-state index is 0.207. The number of aryl methyl sites for hydroxylation is 1. The first-order valence-electron chi connectivity index (χ1n) is 8.53. The predicted molar refractivity (Wildman–Crippen MR) is 83.6 cm³/mol. The van der Waals surface area contributed by atoms with Crippen molar-refractivity contribution in [2.24, 2.45) is 7.05 Å². The molecule has 0 aromatic carbocycles. The topological polar surface area (TPSA) is 59.4 Å². The highest BCUT2D eigenvalue weighted by Crippen LogP contribution is 2.24. The Bertz CT molecular complexity index is 578. The summed E-state index contributed by atoms with van der Waals surface area (Å²) in [7, 11) is 1.91. The molecule has 3 rings (SSSR count). The zero-order valence-electron chi connectivity index (χ0n) is 13.9. The maximum atomic E-state index is 12.6. The molecule has 0 spiro atoms. The van der Waals surface area contributed by atoms with Crippen LogP contribution in [0.25, 0.3) is 0 Å². The number of rotatable bonds is 3. The fourth-order valence-electron chi connectivity index (χ4n) is 3.67. The van der Waals surface area contributed by atoms with Crippen molar-refractivity contribution in [3.8, 4) is 0 Å². The van der Waals surface area contributed by atoms with Crippen molar-refractivity contribution < 1.29 is 18.3 Å². The summed E-state index contributed by atoms with van der Waals surface area (Å²) in [6.45, 7) is -1.65. The van der Waals surface area contributed by atoms with E-state index < -0.39 is 12.7 Å². The van der Waals surface area contributed by atoms with E-state index in [0.29, 0.717) is 25.9 Å². The second kappa shape index (κ2) is 7.46. The number of nitrogens with zero attached hydrogens (tertiary/aromatic N) is 3. The summed E-state index contributed by atoms with van der Waals surface area (Å²) in [5.41, 5.74) is 2.20.